The summed E-state index contributed by atoms with van der Waals surface area (Å²) < 4.78 is 22.5. The zero-order valence-corrected chi connectivity index (χ0v) is 9.51. The van der Waals surface area contributed by atoms with Crippen LogP contribution in [0.15, 0.2) is 35.4 Å². The lowest BCUT2D eigenvalue weighted by atomic mass is 10.2. The molecule has 0 aliphatic rings. The number of nitrogens with zero attached hydrogens (tertiary/aromatic N) is 1. The number of halogens is 1. The van der Waals surface area contributed by atoms with Crippen LogP contribution in [0.4, 0.5) is 0 Å². The highest BCUT2D eigenvalue weighted by molar-refractivity contribution is 8.14. The quantitative estimate of drug-likeness (QED) is 0.721. The summed E-state index contributed by atoms with van der Waals surface area (Å²) in [6, 6.07) is 6.78. The highest BCUT2D eigenvalue weighted by atomic mass is 35.7. The van der Waals surface area contributed by atoms with Gasteiger partial charge in [0.2, 0.25) is 0 Å². The van der Waals surface area contributed by atoms with Crippen molar-refractivity contribution in [1.29, 1.82) is 0 Å². The van der Waals surface area contributed by atoms with Crippen LogP contribution in [0, 0.1) is 6.92 Å². The predicted octanol–water partition coefficient (Wildman–Crippen LogP) is 2.47. The van der Waals surface area contributed by atoms with Crippen LogP contribution >= 0.6 is 10.7 Å². The van der Waals surface area contributed by atoms with Crippen LogP contribution in [0.2, 0.25) is 0 Å². The third-order valence-corrected chi connectivity index (χ3v) is 3.43. The van der Waals surface area contributed by atoms with Gasteiger partial charge in [-0.05, 0) is 24.6 Å². The maximum Gasteiger partial charge on any atom is 0.263 e. The summed E-state index contributed by atoms with van der Waals surface area (Å²) in [7, 11) is 1.58. The predicted molar refractivity (Wildman–Crippen MR) is 59.5 cm³/mol. The Hall–Kier alpha value is -1.13. The maximum absolute atomic E-state index is 11.3. The van der Waals surface area contributed by atoms with Gasteiger partial charge in [-0.2, -0.15) is 0 Å². The first-order valence-corrected chi connectivity index (χ1v) is 6.59. The Bertz CT molecular complexity index is 622. The molecule has 1 heterocycles. The van der Waals surface area contributed by atoms with Gasteiger partial charge < -0.3 is 0 Å². The van der Waals surface area contributed by atoms with Crippen molar-refractivity contribution in [3.8, 4) is 0 Å². The zero-order valence-electron chi connectivity index (χ0n) is 7.94. The standard InChI is InChI=1S/C10H8ClNO2S/c1-7-5-8-3-2-4-9(15(11,13)14)10(8)12-6-7/h2-6H,1H3. The first-order chi connectivity index (χ1) is 6.98. The molecule has 78 valence electrons. The van der Waals surface area contributed by atoms with Gasteiger partial charge in [0, 0.05) is 22.3 Å². The molecule has 0 radical (unpaired) electrons. The number of rotatable bonds is 1. The van der Waals surface area contributed by atoms with Crippen LogP contribution in [0.5, 0.6) is 0 Å². The first-order valence-electron chi connectivity index (χ1n) is 4.28. The fourth-order valence-electron chi connectivity index (χ4n) is 1.44. The smallest absolute Gasteiger partial charge is 0.255 e. The maximum atomic E-state index is 11.3. The van der Waals surface area contributed by atoms with Crippen molar-refractivity contribution < 1.29 is 8.42 Å². The van der Waals surface area contributed by atoms with Crippen LogP contribution < -0.4 is 0 Å². The molecule has 0 atom stereocenters. The number of fused-ring (bicyclic) bond motifs is 1. The van der Waals surface area contributed by atoms with E-state index in [0.29, 0.717) is 5.52 Å². The lowest BCUT2D eigenvalue weighted by Gasteiger charge is -2.02. The van der Waals surface area contributed by atoms with Crippen molar-refractivity contribution in [3.63, 3.8) is 0 Å². The third-order valence-electron chi connectivity index (χ3n) is 2.07. The molecule has 1 aromatic carbocycles. The number of para-hydroxylation sites is 1. The Balaban J connectivity index is 2.89. The topological polar surface area (TPSA) is 47.0 Å². The van der Waals surface area contributed by atoms with E-state index in [4.69, 9.17) is 10.7 Å². The molecule has 0 amide bonds. The van der Waals surface area contributed by atoms with E-state index in [-0.39, 0.29) is 4.90 Å². The van der Waals surface area contributed by atoms with E-state index in [2.05, 4.69) is 4.98 Å². The summed E-state index contributed by atoms with van der Waals surface area (Å²) >= 11 is 0. The van der Waals surface area contributed by atoms with Crippen molar-refractivity contribution in [2.45, 2.75) is 11.8 Å². The highest BCUT2D eigenvalue weighted by Crippen LogP contribution is 2.24. The molecule has 5 heteroatoms. The number of hydrogen-bond acceptors (Lipinski definition) is 3. The Kier molecular flexibility index (Phi) is 2.40. The first kappa shape index (κ1) is 10.4. The Morgan fingerprint density at radius 3 is 2.73 bits per heavy atom. The van der Waals surface area contributed by atoms with Gasteiger partial charge in [0.25, 0.3) is 9.05 Å². The second-order valence-electron chi connectivity index (χ2n) is 3.28. The second kappa shape index (κ2) is 3.47. The average molecular weight is 242 g/mol. The van der Waals surface area contributed by atoms with Gasteiger partial charge in [0.05, 0.1) is 5.52 Å². The van der Waals surface area contributed by atoms with Crippen LogP contribution in [0.25, 0.3) is 10.9 Å². The molecular formula is C10H8ClNO2S. The number of pyridine rings is 1. The van der Waals surface area contributed by atoms with Crippen molar-refractivity contribution in [3.05, 3.63) is 36.0 Å². The minimum absolute atomic E-state index is 0.0571. The molecular weight excluding hydrogens is 234 g/mol. The molecule has 15 heavy (non-hydrogen) atoms. The van der Waals surface area contributed by atoms with Crippen LogP contribution in [0.3, 0.4) is 0 Å². The van der Waals surface area contributed by atoms with Gasteiger partial charge in [-0.25, -0.2) is 8.42 Å². The van der Waals surface area contributed by atoms with E-state index in [0.717, 1.165) is 10.9 Å². The van der Waals surface area contributed by atoms with E-state index >= 15 is 0 Å². The van der Waals surface area contributed by atoms with Crippen molar-refractivity contribution in [1.82, 2.24) is 4.98 Å². The summed E-state index contributed by atoms with van der Waals surface area (Å²) in [6.07, 6.45) is 1.62. The highest BCUT2D eigenvalue weighted by Gasteiger charge is 2.14. The SMILES string of the molecule is Cc1cnc2c(S(=O)(=O)Cl)cccc2c1. The Labute approximate surface area is 92.1 Å². The number of benzene rings is 1. The fraction of sp³-hybridized carbons (Fsp3) is 0.100. The van der Waals surface area contributed by atoms with Gasteiger partial charge in [0.15, 0.2) is 0 Å². The molecule has 0 fully saturated rings. The van der Waals surface area contributed by atoms with Crippen molar-refractivity contribution in [2.75, 3.05) is 0 Å². The van der Waals surface area contributed by atoms with E-state index in [9.17, 15) is 8.42 Å². The summed E-state index contributed by atoms with van der Waals surface area (Å²) in [5.74, 6) is 0. The molecule has 1 aromatic heterocycles. The summed E-state index contributed by atoms with van der Waals surface area (Å²) in [6.45, 7) is 1.90. The second-order valence-corrected chi connectivity index (χ2v) is 5.81. The lowest BCUT2D eigenvalue weighted by Crippen LogP contribution is -1.94. The van der Waals surface area contributed by atoms with Gasteiger partial charge >= 0.3 is 0 Å². The minimum atomic E-state index is -3.73. The van der Waals surface area contributed by atoms with Crippen LogP contribution in [0.1, 0.15) is 5.56 Å². The average Bonchev–Trinajstić information content (AvgIpc) is 2.15. The molecule has 2 aromatic rings. The molecule has 0 spiro atoms. The van der Waals surface area contributed by atoms with Crippen LogP contribution in [-0.4, -0.2) is 13.4 Å². The number of aryl methyl sites for hydroxylation is 1. The molecule has 0 unspecified atom stereocenters. The van der Waals surface area contributed by atoms with E-state index in [1.54, 1.807) is 18.3 Å². The van der Waals surface area contributed by atoms with E-state index < -0.39 is 9.05 Å². The molecule has 0 aliphatic heterocycles. The van der Waals surface area contributed by atoms with E-state index in [1.165, 1.54) is 6.07 Å². The lowest BCUT2D eigenvalue weighted by molar-refractivity contribution is 0.610. The monoisotopic (exact) mass is 241 g/mol. The largest absolute Gasteiger partial charge is 0.263 e. The van der Waals surface area contributed by atoms with Gasteiger partial charge in [0.1, 0.15) is 4.90 Å². The molecule has 0 saturated heterocycles. The molecule has 0 aliphatic carbocycles. The molecule has 0 N–H and O–H groups in total. The van der Waals surface area contributed by atoms with Gasteiger partial charge in [-0.3, -0.25) is 4.98 Å². The van der Waals surface area contributed by atoms with E-state index in [1.807, 2.05) is 13.0 Å². The Morgan fingerprint density at radius 2 is 2.07 bits per heavy atom. The molecule has 0 bridgehead atoms. The van der Waals surface area contributed by atoms with Crippen LogP contribution in [-0.2, 0) is 9.05 Å². The van der Waals surface area contributed by atoms with Crippen molar-refractivity contribution in [2.24, 2.45) is 0 Å². The fourth-order valence-corrected chi connectivity index (χ4v) is 2.46. The summed E-state index contributed by atoms with van der Waals surface area (Å²) in [5.41, 5.74) is 1.39. The summed E-state index contributed by atoms with van der Waals surface area (Å²) in [4.78, 5) is 4.14. The molecule has 3 nitrogen and oxygen atoms in total. The summed E-state index contributed by atoms with van der Waals surface area (Å²) in [5, 5.41) is 0.775. The number of hydrogen-bond donors (Lipinski definition) is 0. The van der Waals surface area contributed by atoms with Crippen molar-refractivity contribution >= 4 is 30.6 Å². The molecule has 2 rings (SSSR count). The molecule has 0 saturated carbocycles. The van der Waals surface area contributed by atoms with Gasteiger partial charge in [-0.1, -0.05) is 12.1 Å². The third kappa shape index (κ3) is 1.96. The normalized spacial score (nSPS) is 11.9. The zero-order chi connectivity index (χ0) is 11.1. The minimum Gasteiger partial charge on any atom is -0.255 e. The Morgan fingerprint density at radius 1 is 1.33 bits per heavy atom. The van der Waals surface area contributed by atoms with Gasteiger partial charge in [-0.15, -0.1) is 0 Å². The number of aromatic nitrogens is 1.